The topological polar surface area (TPSA) is 48.0 Å². The van der Waals surface area contributed by atoms with Gasteiger partial charge in [-0.05, 0) is 19.3 Å². The van der Waals surface area contributed by atoms with E-state index < -0.39 is 0 Å². The third-order valence-electron chi connectivity index (χ3n) is 2.95. The minimum absolute atomic E-state index is 0.0934. The van der Waals surface area contributed by atoms with Crippen molar-refractivity contribution in [2.75, 3.05) is 26.4 Å². The minimum atomic E-state index is -0.360. The van der Waals surface area contributed by atoms with Gasteiger partial charge in [-0.2, -0.15) is 0 Å². The lowest BCUT2D eigenvalue weighted by Crippen LogP contribution is -2.38. The summed E-state index contributed by atoms with van der Waals surface area (Å²) < 4.78 is 16.0. The molecule has 0 N–H and O–H groups in total. The van der Waals surface area contributed by atoms with E-state index in [9.17, 15) is 4.79 Å². The summed E-state index contributed by atoms with van der Waals surface area (Å²) in [7, 11) is 0. The molecule has 0 bridgehead atoms. The van der Waals surface area contributed by atoms with E-state index in [2.05, 4.69) is 5.92 Å². The van der Waals surface area contributed by atoms with E-state index in [0.717, 1.165) is 25.9 Å². The normalized spacial score (nSPS) is 28.9. The van der Waals surface area contributed by atoms with Crippen LogP contribution in [0.5, 0.6) is 0 Å². The van der Waals surface area contributed by atoms with E-state index in [1.165, 1.54) is 4.90 Å². The second-order valence-corrected chi connectivity index (χ2v) is 4.19. The van der Waals surface area contributed by atoms with Gasteiger partial charge in [-0.1, -0.05) is 5.92 Å². The second kappa shape index (κ2) is 5.89. The summed E-state index contributed by atoms with van der Waals surface area (Å²) >= 11 is 0. The van der Waals surface area contributed by atoms with Gasteiger partial charge >= 0.3 is 6.09 Å². The van der Waals surface area contributed by atoms with Gasteiger partial charge in [-0.15, -0.1) is 6.42 Å². The highest BCUT2D eigenvalue weighted by atomic mass is 16.7. The van der Waals surface area contributed by atoms with Crippen molar-refractivity contribution >= 4 is 6.09 Å². The predicted octanol–water partition coefficient (Wildman–Crippen LogP) is 0.984. The van der Waals surface area contributed by atoms with Crippen LogP contribution >= 0.6 is 0 Å². The summed E-state index contributed by atoms with van der Waals surface area (Å²) in [5, 5.41) is 0. The molecule has 0 unspecified atom stereocenters. The zero-order chi connectivity index (χ0) is 12.1. The van der Waals surface area contributed by atoms with Gasteiger partial charge in [-0.25, -0.2) is 4.79 Å². The maximum absolute atomic E-state index is 11.3. The smallest absolute Gasteiger partial charge is 0.411 e. The lowest BCUT2D eigenvalue weighted by Gasteiger charge is -2.25. The largest absolute Gasteiger partial charge is 0.447 e. The van der Waals surface area contributed by atoms with Crippen LogP contribution in [0.2, 0.25) is 0 Å². The van der Waals surface area contributed by atoms with Crippen molar-refractivity contribution in [2.24, 2.45) is 0 Å². The summed E-state index contributed by atoms with van der Waals surface area (Å²) in [5.41, 5.74) is 0. The number of carbonyl (C=O) groups excluding carboxylic acids is 1. The summed E-state index contributed by atoms with van der Waals surface area (Å²) in [5.74, 6) is 2.45. The molecule has 1 amide bonds. The third-order valence-corrected chi connectivity index (χ3v) is 2.95. The number of nitrogens with zero attached hydrogens (tertiary/aromatic N) is 1. The standard InChI is InChI=1S/C12H17NO4/c1-2-6-13-10(9-17-12(13)14)8-16-11-5-3-4-7-15-11/h1,10-11H,3-9H2/t10-,11+/m0/s1. The highest BCUT2D eigenvalue weighted by molar-refractivity contribution is 5.70. The zero-order valence-electron chi connectivity index (χ0n) is 9.76. The lowest BCUT2D eigenvalue weighted by molar-refractivity contribution is -0.168. The van der Waals surface area contributed by atoms with Crippen LogP contribution in [0.4, 0.5) is 4.79 Å². The fourth-order valence-corrected chi connectivity index (χ4v) is 1.98. The Labute approximate surface area is 101 Å². The van der Waals surface area contributed by atoms with Gasteiger partial charge in [-0.3, -0.25) is 4.90 Å². The molecular weight excluding hydrogens is 222 g/mol. The molecule has 0 aromatic carbocycles. The Kier molecular flexibility index (Phi) is 4.24. The average molecular weight is 239 g/mol. The van der Waals surface area contributed by atoms with E-state index in [4.69, 9.17) is 20.6 Å². The second-order valence-electron chi connectivity index (χ2n) is 4.19. The highest BCUT2D eigenvalue weighted by Crippen LogP contribution is 2.17. The van der Waals surface area contributed by atoms with Crippen LogP contribution in [-0.4, -0.2) is 49.7 Å². The maximum atomic E-state index is 11.3. The molecule has 5 nitrogen and oxygen atoms in total. The predicted molar refractivity (Wildman–Crippen MR) is 60.2 cm³/mol. The van der Waals surface area contributed by atoms with Gasteiger partial charge in [0.15, 0.2) is 6.29 Å². The van der Waals surface area contributed by atoms with Crippen LogP contribution in [-0.2, 0) is 14.2 Å². The van der Waals surface area contributed by atoms with Crippen LogP contribution in [0.1, 0.15) is 19.3 Å². The minimum Gasteiger partial charge on any atom is -0.447 e. The summed E-state index contributed by atoms with van der Waals surface area (Å²) in [6.07, 6.45) is 7.83. The van der Waals surface area contributed by atoms with Crippen molar-refractivity contribution < 1.29 is 19.0 Å². The van der Waals surface area contributed by atoms with E-state index in [-0.39, 0.29) is 25.0 Å². The van der Waals surface area contributed by atoms with Gasteiger partial charge in [0.25, 0.3) is 0 Å². The number of hydrogen-bond donors (Lipinski definition) is 0. The molecule has 2 heterocycles. The van der Waals surface area contributed by atoms with Crippen molar-refractivity contribution in [1.82, 2.24) is 4.90 Å². The maximum Gasteiger partial charge on any atom is 0.411 e. The third kappa shape index (κ3) is 3.11. The number of rotatable bonds is 4. The first-order chi connectivity index (χ1) is 8.31. The molecule has 2 atom stereocenters. The van der Waals surface area contributed by atoms with Gasteiger partial charge in [0.05, 0.1) is 19.2 Å². The molecule has 0 spiro atoms. The molecule has 0 aromatic rings. The Morgan fingerprint density at radius 3 is 3.12 bits per heavy atom. The van der Waals surface area contributed by atoms with Crippen molar-refractivity contribution in [2.45, 2.75) is 31.6 Å². The molecule has 17 heavy (non-hydrogen) atoms. The number of ether oxygens (including phenoxy) is 3. The molecule has 0 saturated carbocycles. The van der Waals surface area contributed by atoms with E-state index >= 15 is 0 Å². The van der Waals surface area contributed by atoms with E-state index in [0.29, 0.717) is 13.2 Å². The van der Waals surface area contributed by atoms with Crippen LogP contribution < -0.4 is 0 Å². The number of carbonyl (C=O) groups is 1. The van der Waals surface area contributed by atoms with Crippen LogP contribution in [0.25, 0.3) is 0 Å². The van der Waals surface area contributed by atoms with Crippen molar-refractivity contribution in [3.8, 4) is 12.3 Å². The van der Waals surface area contributed by atoms with E-state index in [1.54, 1.807) is 0 Å². The Hall–Kier alpha value is -1.25. The number of terminal acetylenes is 1. The Morgan fingerprint density at radius 1 is 1.53 bits per heavy atom. The number of cyclic esters (lactones) is 1. The number of amides is 1. The van der Waals surface area contributed by atoms with Crippen LogP contribution in [0.15, 0.2) is 0 Å². The quantitative estimate of drug-likeness (QED) is 0.686. The molecule has 5 heteroatoms. The molecular formula is C12H17NO4. The molecule has 0 radical (unpaired) electrons. The first-order valence-corrected chi connectivity index (χ1v) is 5.91. The molecule has 2 saturated heterocycles. The lowest BCUT2D eigenvalue weighted by atomic mass is 10.2. The van der Waals surface area contributed by atoms with Gasteiger partial charge < -0.3 is 14.2 Å². The van der Waals surface area contributed by atoms with Gasteiger partial charge in [0, 0.05) is 6.61 Å². The molecule has 2 fully saturated rings. The van der Waals surface area contributed by atoms with Crippen LogP contribution in [0, 0.1) is 12.3 Å². The van der Waals surface area contributed by atoms with Crippen molar-refractivity contribution in [1.29, 1.82) is 0 Å². The first-order valence-electron chi connectivity index (χ1n) is 5.91. The molecule has 0 aromatic heterocycles. The SMILES string of the molecule is C#CCN1C(=O)OC[C@@H]1CO[C@@H]1CCCCO1. The molecule has 2 aliphatic heterocycles. The Balaban J connectivity index is 1.77. The Bertz CT molecular complexity index is 306. The Morgan fingerprint density at radius 2 is 2.41 bits per heavy atom. The first kappa shape index (κ1) is 12.2. The van der Waals surface area contributed by atoms with Gasteiger partial charge in [0.2, 0.25) is 0 Å². The van der Waals surface area contributed by atoms with E-state index in [1.807, 2.05) is 0 Å². The summed E-state index contributed by atoms with van der Waals surface area (Å²) in [6.45, 7) is 1.77. The summed E-state index contributed by atoms with van der Waals surface area (Å²) in [4.78, 5) is 12.9. The monoisotopic (exact) mass is 239 g/mol. The molecule has 2 rings (SSSR count). The fraction of sp³-hybridized carbons (Fsp3) is 0.750. The van der Waals surface area contributed by atoms with Gasteiger partial charge in [0.1, 0.15) is 6.61 Å². The fourth-order valence-electron chi connectivity index (χ4n) is 1.98. The number of hydrogen-bond acceptors (Lipinski definition) is 4. The average Bonchev–Trinajstić information content (AvgIpc) is 2.70. The highest BCUT2D eigenvalue weighted by Gasteiger charge is 2.33. The van der Waals surface area contributed by atoms with Crippen molar-refractivity contribution in [3.63, 3.8) is 0 Å². The molecule has 94 valence electrons. The van der Waals surface area contributed by atoms with Crippen molar-refractivity contribution in [3.05, 3.63) is 0 Å². The zero-order valence-corrected chi connectivity index (χ0v) is 9.76. The molecule has 2 aliphatic rings. The molecule has 0 aliphatic carbocycles. The summed E-state index contributed by atoms with van der Waals surface area (Å²) in [6, 6.07) is -0.0934. The van der Waals surface area contributed by atoms with Crippen LogP contribution in [0.3, 0.4) is 0 Å².